The van der Waals surface area contributed by atoms with Crippen molar-refractivity contribution in [3.05, 3.63) is 82.4 Å². The summed E-state index contributed by atoms with van der Waals surface area (Å²) >= 11 is 6.08. The first kappa shape index (κ1) is 25.2. The summed E-state index contributed by atoms with van der Waals surface area (Å²) in [5, 5.41) is 10.1. The second-order valence-corrected chi connectivity index (χ2v) is 10.5. The van der Waals surface area contributed by atoms with Crippen LogP contribution in [0.1, 0.15) is 18.1 Å². The average molecular weight is 524 g/mol. The standard InChI is InChI=1S/C25H24ClF2NO5S/c1-15-17(13-30)10-16-6-7-18(34-14-20-21(26)4-3-5-22(20)27)11-24(16)29(15)35(31,32)19-8-9-23(28)25(12-19)33-2/h3-9,11-12,15,17,30H,10,13-14H2,1-2H3. The topological polar surface area (TPSA) is 76.1 Å². The van der Waals surface area contributed by atoms with Crippen LogP contribution in [0.2, 0.25) is 5.02 Å². The van der Waals surface area contributed by atoms with Crippen molar-refractivity contribution in [1.82, 2.24) is 0 Å². The third kappa shape index (κ3) is 4.80. The number of benzene rings is 3. The quantitative estimate of drug-likeness (QED) is 0.474. The Morgan fingerprint density at radius 2 is 1.89 bits per heavy atom. The van der Waals surface area contributed by atoms with Gasteiger partial charge in [0.05, 0.1) is 22.7 Å². The minimum atomic E-state index is -4.18. The number of sulfonamides is 1. The van der Waals surface area contributed by atoms with E-state index in [1.54, 1.807) is 31.2 Å². The molecule has 3 aromatic rings. The highest BCUT2D eigenvalue weighted by Gasteiger charge is 2.39. The third-order valence-corrected chi connectivity index (χ3v) is 8.44. The molecule has 35 heavy (non-hydrogen) atoms. The first-order chi connectivity index (χ1) is 16.7. The summed E-state index contributed by atoms with van der Waals surface area (Å²) in [6.45, 7) is 1.33. The van der Waals surface area contributed by atoms with Gasteiger partial charge in [-0.1, -0.05) is 23.7 Å². The first-order valence-electron chi connectivity index (χ1n) is 10.8. The van der Waals surface area contributed by atoms with Gasteiger partial charge in [0.15, 0.2) is 11.6 Å². The van der Waals surface area contributed by atoms with Crippen molar-refractivity contribution in [2.75, 3.05) is 18.0 Å². The molecule has 10 heteroatoms. The van der Waals surface area contributed by atoms with Gasteiger partial charge in [-0.25, -0.2) is 17.2 Å². The molecule has 0 spiro atoms. The molecule has 1 N–H and O–H groups in total. The average Bonchev–Trinajstić information content (AvgIpc) is 2.83. The number of aliphatic hydroxyl groups excluding tert-OH is 1. The zero-order chi connectivity index (χ0) is 25.3. The second kappa shape index (κ2) is 10.0. The zero-order valence-electron chi connectivity index (χ0n) is 19.0. The molecule has 0 bridgehead atoms. The molecule has 2 atom stereocenters. The van der Waals surface area contributed by atoms with Crippen molar-refractivity contribution < 1.29 is 31.8 Å². The number of ether oxygens (including phenoxy) is 2. The number of fused-ring (bicyclic) bond motifs is 1. The fourth-order valence-electron chi connectivity index (χ4n) is 4.18. The van der Waals surface area contributed by atoms with Crippen LogP contribution < -0.4 is 13.8 Å². The van der Waals surface area contributed by atoms with Crippen LogP contribution in [0.15, 0.2) is 59.5 Å². The van der Waals surface area contributed by atoms with E-state index in [1.165, 1.54) is 29.6 Å². The molecule has 0 radical (unpaired) electrons. The van der Waals surface area contributed by atoms with Crippen LogP contribution >= 0.6 is 11.6 Å². The number of hydrogen-bond acceptors (Lipinski definition) is 5. The first-order valence-corrected chi connectivity index (χ1v) is 12.7. The largest absolute Gasteiger partial charge is 0.494 e. The van der Waals surface area contributed by atoms with Gasteiger partial charge in [-0.15, -0.1) is 0 Å². The lowest BCUT2D eigenvalue weighted by molar-refractivity contribution is 0.205. The lowest BCUT2D eigenvalue weighted by atomic mass is 9.88. The monoisotopic (exact) mass is 523 g/mol. The van der Waals surface area contributed by atoms with Gasteiger partial charge in [0.25, 0.3) is 10.0 Å². The molecule has 3 aromatic carbocycles. The van der Waals surface area contributed by atoms with Gasteiger partial charge >= 0.3 is 0 Å². The van der Waals surface area contributed by atoms with E-state index in [9.17, 15) is 22.3 Å². The summed E-state index contributed by atoms with van der Waals surface area (Å²) < 4.78 is 67.5. The highest BCUT2D eigenvalue weighted by atomic mass is 35.5. The number of methoxy groups -OCH3 is 1. The van der Waals surface area contributed by atoms with Crippen molar-refractivity contribution in [3.8, 4) is 11.5 Å². The molecule has 2 unspecified atom stereocenters. The van der Waals surface area contributed by atoms with E-state index in [0.29, 0.717) is 23.4 Å². The van der Waals surface area contributed by atoms with Crippen molar-refractivity contribution in [2.45, 2.75) is 30.9 Å². The predicted octanol–water partition coefficient (Wildman–Crippen LogP) is 4.95. The summed E-state index contributed by atoms with van der Waals surface area (Å²) in [4.78, 5) is -0.156. The predicted molar refractivity (Wildman–Crippen MR) is 129 cm³/mol. The Kier molecular flexibility index (Phi) is 7.21. The third-order valence-electron chi connectivity index (χ3n) is 6.19. The molecule has 0 saturated heterocycles. The Morgan fingerprint density at radius 1 is 1.11 bits per heavy atom. The van der Waals surface area contributed by atoms with Gasteiger partial charge < -0.3 is 14.6 Å². The van der Waals surface area contributed by atoms with Crippen LogP contribution in [0.25, 0.3) is 0 Å². The normalized spacial score (nSPS) is 17.7. The van der Waals surface area contributed by atoms with E-state index >= 15 is 0 Å². The van der Waals surface area contributed by atoms with Gasteiger partial charge in [-0.3, -0.25) is 4.31 Å². The van der Waals surface area contributed by atoms with Crippen LogP contribution in [-0.2, 0) is 23.1 Å². The Labute approximate surface area is 207 Å². The fourth-order valence-corrected chi connectivity index (χ4v) is 6.16. The van der Waals surface area contributed by atoms with Gasteiger partial charge in [0, 0.05) is 36.3 Å². The molecule has 0 amide bonds. The summed E-state index contributed by atoms with van der Waals surface area (Å²) in [5.74, 6) is -1.44. The van der Waals surface area contributed by atoms with Crippen LogP contribution in [0.3, 0.4) is 0 Å². The lowest BCUT2D eigenvalue weighted by Gasteiger charge is -2.40. The SMILES string of the molecule is COc1cc(S(=O)(=O)N2c3cc(OCc4c(F)cccc4Cl)ccc3CC(CO)C2C)ccc1F. The van der Waals surface area contributed by atoms with Gasteiger partial charge in [-0.2, -0.15) is 0 Å². The van der Waals surface area contributed by atoms with E-state index in [-0.39, 0.29) is 40.4 Å². The van der Waals surface area contributed by atoms with Crippen molar-refractivity contribution in [3.63, 3.8) is 0 Å². The zero-order valence-corrected chi connectivity index (χ0v) is 20.6. The number of aliphatic hydroxyl groups is 1. The van der Waals surface area contributed by atoms with Gasteiger partial charge in [0.1, 0.15) is 18.2 Å². The molecule has 0 aromatic heterocycles. The molecule has 186 valence electrons. The van der Waals surface area contributed by atoms with E-state index < -0.39 is 27.7 Å². The maximum atomic E-state index is 14.1. The molecule has 4 rings (SSSR count). The van der Waals surface area contributed by atoms with Crippen molar-refractivity contribution in [2.24, 2.45) is 5.92 Å². The van der Waals surface area contributed by atoms with Crippen LogP contribution in [0, 0.1) is 17.6 Å². The summed E-state index contributed by atoms with van der Waals surface area (Å²) in [5.41, 5.74) is 1.24. The van der Waals surface area contributed by atoms with Crippen LogP contribution in [-0.4, -0.2) is 33.3 Å². The number of anilines is 1. The van der Waals surface area contributed by atoms with E-state index in [1.807, 2.05) is 0 Å². The maximum absolute atomic E-state index is 14.1. The highest BCUT2D eigenvalue weighted by molar-refractivity contribution is 7.92. The smallest absolute Gasteiger partial charge is 0.264 e. The summed E-state index contributed by atoms with van der Waals surface area (Å²) in [6.07, 6.45) is 0.450. The molecule has 6 nitrogen and oxygen atoms in total. The molecule has 1 heterocycles. The van der Waals surface area contributed by atoms with Gasteiger partial charge in [0.2, 0.25) is 0 Å². The Hall–Kier alpha value is -2.88. The van der Waals surface area contributed by atoms with E-state index in [0.717, 1.165) is 12.1 Å². The van der Waals surface area contributed by atoms with Crippen molar-refractivity contribution in [1.29, 1.82) is 0 Å². The minimum absolute atomic E-state index is 0.152. The summed E-state index contributed by atoms with van der Waals surface area (Å²) in [6, 6.07) is 12.0. The molecule has 0 aliphatic carbocycles. The molecule has 0 fully saturated rings. The highest BCUT2D eigenvalue weighted by Crippen LogP contribution is 2.40. The minimum Gasteiger partial charge on any atom is -0.494 e. The summed E-state index contributed by atoms with van der Waals surface area (Å²) in [7, 11) is -2.92. The maximum Gasteiger partial charge on any atom is 0.264 e. The molecular weight excluding hydrogens is 500 g/mol. The van der Waals surface area contributed by atoms with Crippen molar-refractivity contribution >= 4 is 27.3 Å². The van der Waals surface area contributed by atoms with Gasteiger partial charge in [-0.05, 0) is 49.2 Å². The Balaban J connectivity index is 1.74. The molecule has 1 aliphatic rings. The van der Waals surface area contributed by atoms with Crippen LogP contribution in [0.4, 0.5) is 14.5 Å². The second-order valence-electron chi connectivity index (χ2n) is 8.26. The lowest BCUT2D eigenvalue weighted by Crippen LogP contribution is -2.48. The molecule has 1 aliphatic heterocycles. The van der Waals surface area contributed by atoms with Crippen LogP contribution in [0.5, 0.6) is 11.5 Å². The molecular formula is C25H24ClF2NO5S. The molecule has 0 saturated carbocycles. The van der Waals surface area contributed by atoms with E-state index in [2.05, 4.69) is 0 Å². The van der Waals surface area contributed by atoms with E-state index in [4.69, 9.17) is 21.1 Å². The Morgan fingerprint density at radius 3 is 2.57 bits per heavy atom. The number of hydrogen-bond donors (Lipinski definition) is 1. The number of halogens is 3. The fraction of sp³-hybridized carbons (Fsp3) is 0.280. The number of rotatable bonds is 7. The number of nitrogens with zero attached hydrogens (tertiary/aromatic N) is 1. The Bertz CT molecular complexity index is 1330.